The molecule has 0 saturated heterocycles. The van der Waals surface area contributed by atoms with E-state index in [1.807, 2.05) is 26.2 Å². The van der Waals surface area contributed by atoms with E-state index in [0.29, 0.717) is 0 Å². The van der Waals surface area contributed by atoms with E-state index in [0.717, 1.165) is 5.69 Å². The normalized spacial score (nSPS) is 12.8. The Balaban J connectivity index is 2.64. The third-order valence-electron chi connectivity index (χ3n) is 1.72. The van der Waals surface area contributed by atoms with E-state index in [1.54, 1.807) is 4.68 Å². The van der Waals surface area contributed by atoms with Gasteiger partial charge in [-0.3, -0.25) is 9.48 Å². The summed E-state index contributed by atoms with van der Waals surface area (Å²) in [5.74, 6) is -0.795. The molecule has 1 aromatic heterocycles. The number of hydrogen-bond acceptors (Lipinski definition) is 2. The fraction of sp³-hybridized carbons (Fsp3) is 0.500. The summed E-state index contributed by atoms with van der Waals surface area (Å²) in [5.41, 5.74) is 0.833. The Morgan fingerprint density at radius 2 is 2.50 bits per heavy atom. The second kappa shape index (κ2) is 3.38. The molecule has 1 N–H and O–H groups in total. The SMILES string of the molecule is CC(CC(=O)O)c1ccn(C)n1. The lowest BCUT2D eigenvalue weighted by Crippen LogP contribution is -2.03. The summed E-state index contributed by atoms with van der Waals surface area (Å²) in [6.07, 6.45) is 1.95. The first kappa shape index (κ1) is 8.77. The van der Waals surface area contributed by atoms with Crippen molar-refractivity contribution in [2.24, 2.45) is 7.05 Å². The number of hydrogen-bond donors (Lipinski definition) is 1. The molecule has 0 aliphatic rings. The molecular weight excluding hydrogens is 156 g/mol. The predicted molar refractivity (Wildman–Crippen MR) is 43.9 cm³/mol. The molecule has 1 heterocycles. The van der Waals surface area contributed by atoms with Crippen molar-refractivity contribution in [3.63, 3.8) is 0 Å². The van der Waals surface area contributed by atoms with Gasteiger partial charge in [0.1, 0.15) is 0 Å². The van der Waals surface area contributed by atoms with Crippen LogP contribution >= 0.6 is 0 Å². The Bertz CT molecular complexity index is 280. The Morgan fingerprint density at radius 3 is 2.92 bits per heavy atom. The zero-order valence-corrected chi connectivity index (χ0v) is 7.19. The molecule has 0 spiro atoms. The number of carboxylic acids is 1. The highest BCUT2D eigenvalue weighted by molar-refractivity contribution is 5.67. The van der Waals surface area contributed by atoms with Crippen LogP contribution in [0.3, 0.4) is 0 Å². The number of aliphatic carboxylic acids is 1. The molecule has 66 valence electrons. The maximum absolute atomic E-state index is 10.4. The van der Waals surface area contributed by atoms with Gasteiger partial charge >= 0.3 is 5.97 Å². The second-order valence-electron chi connectivity index (χ2n) is 2.91. The number of nitrogens with zero attached hydrogens (tertiary/aromatic N) is 2. The molecule has 0 aliphatic carbocycles. The van der Waals surface area contributed by atoms with Crippen LogP contribution in [0.4, 0.5) is 0 Å². The molecule has 0 bridgehead atoms. The lowest BCUT2D eigenvalue weighted by atomic mass is 10.1. The van der Waals surface area contributed by atoms with Gasteiger partial charge in [-0.1, -0.05) is 6.92 Å². The minimum absolute atomic E-state index is 0.0105. The van der Waals surface area contributed by atoms with Gasteiger partial charge in [0.15, 0.2) is 0 Å². The van der Waals surface area contributed by atoms with Crippen LogP contribution in [0.2, 0.25) is 0 Å². The molecule has 4 nitrogen and oxygen atoms in total. The highest BCUT2D eigenvalue weighted by Crippen LogP contribution is 2.15. The van der Waals surface area contributed by atoms with E-state index in [-0.39, 0.29) is 12.3 Å². The number of carbonyl (C=O) groups is 1. The van der Waals surface area contributed by atoms with E-state index in [2.05, 4.69) is 5.10 Å². The van der Waals surface area contributed by atoms with Crippen LogP contribution in [0.25, 0.3) is 0 Å². The van der Waals surface area contributed by atoms with E-state index in [9.17, 15) is 4.79 Å². The Hall–Kier alpha value is -1.32. The first-order valence-electron chi connectivity index (χ1n) is 3.81. The van der Waals surface area contributed by atoms with E-state index >= 15 is 0 Å². The van der Waals surface area contributed by atoms with Crippen LogP contribution in [0.5, 0.6) is 0 Å². The van der Waals surface area contributed by atoms with Crippen molar-refractivity contribution in [2.45, 2.75) is 19.3 Å². The molecule has 0 aromatic carbocycles. The van der Waals surface area contributed by atoms with Gasteiger partial charge in [0.2, 0.25) is 0 Å². The molecule has 1 unspecified atom stereocenters. The van der Waals surface area contributed by atoms with Gasteiger partial charge < -0.3 is 5.11 Å². The zero-order valence-electron chi connectivity index (χ0n) is 7.19. The smallest absolute Gasteiger partial charge is 0.304 e. The van der Waals surface area contributed by atoms with Crippen LogP contribution in [0.15, 0.2) is 12.3 Å². The molecule has 0 amide bonds. The summed E-state index contributed by atoms with van der Waals surface area (Å²) in [7, 11) is 1.82. The third-order valence-corrected chi connectivity index (χ3v) is 1.72. The molecule has 12 heavy (non-hydrogen) atoms. The van der Waals surface area contributed by atoms with Gasteiger partial charge in [-0.15, -0.1) is 0 Å². The van der Waals surface area contributed by atoms with E-state index < -0.39 is 5.97 Å². The van der Waals surface area contributed by atoms with Gasteiger partial charge in [-0.2, -0.15) is 5.10 Å². The molecule has 1 rings (SSSR count). The second-order valence-corrected chi connectivity index (χ2v) is 2.91. The zero-order chi connectivity index (χ0) is 9.14. The molecule has 0 aliphatic heterocycles. The summed E-state index contributed by atoms with van der Waals surface area (Å²) in [4.78, 5) is 10.4. The van der Waals surface area contributed by atoms with Crippen molar-refractivity contribution in [1.29, 1.82) is 0 Å². The largest absolute Gasteiger partial charge is 0.481 e. The molecule has 1 atom stereocenters. The van der Waals surface area contributed by atoms with E-state index in [4.69, 9.17) is 5.11 Å². The monoisotopic (exact) mass is 168 g/mol. The highest BCUT2D eigenvalue weighted by atomic mass is 16.4. The van der Waals surface area contributed by atoms with Crippen molar-refractivity contribution < 1.29 is 9.90 Å². The average molecular weight is 168 g/mol. The highest BCUT2D eigenvalue weighted by Gasteiger charge is 2.11. The molecule has 0 radical (unpaired) electrons. The Kier molecular flexibility index (Phi) is 2.47. The summed E-state index contributed by atoms with van der Waals surface area (Å²) in [6.45, 7) is 1.86. The van der Waals surface area contributed by atoms with Crippen LogP contribution in [-0.2, 0) is 11.8 Å². The molecular formula is C8H12N2O2. The van der Waals surface area contributed by atoms with Gasteiger partial charge in [-0.25, -0.2) is 0 Å². The van der Waals surface area contributed by atoms with Crippen LogP contribution in [-0.4, -0.2) is 20.9 Å². The molecule has 4 heteroatoms. The van der Waals surface area contributed by atoms with Crippen LogP contribution < -0.4 is 0 Å². The summed E-state index contributed by atoms with van der Waals surface area (Å²) in [5, 5.41) is 12.6. The predicted octanol–water partition coefficient (Wildman–Crippen LogP) is 0.998. The minimum atomic E-state index is -0.784. The standard InChI is InChI=1S/C8H12N2O2/c1-6(5-8(11)12)7-3-4-10(2)9-7/h3-4,6H,5H2,1-2H3,(H,11,12). The van der Waals surface area contributed by atoms with Crippen molar-refractivity contribution in [1.82, 2.24) is 9.78 Å². The lowest BCUT2D eigenvalue weighted by molar-refractivity contribution is -0.137. The number of aromatic nitrogens is 2. The maximum atomic E-state index is 10.4. The fourth-order valence-corrected chi connectivity index (χ4v) is 1.06. The van der Waals surface area contributed by atoms with E-state index in [1.165, 1.54) is 0 Å². The first-order chi connectivity index (χ1) is 5.59. The van der Waals surface area contributed by atoms with Crippen LogP contribution in [0.1, 0.15) is 25.0 Å². The first-order valence-corrected chi connectivity index (χ1v) is 3.81. The molecule has 1 aromatic rings. The Morgan fingerprint density at radius 1 is 1.83 bits per heavy atom. The average Bonchev–Trinajstić information content (AvgIpc) is 2.34. The van der Waals surface area contributed by atoms with Crippen molar-refractivity contribution in [3.8, 4) is 0 Å². The molecule has 0 saturated carbocycles. The van der Waals surface area contributed by atoms with Crippen molar-refractivity contribution in [2.75, 3.05) is 0 Å². The molecule has 0 fully saturated rings. The lowest BCUT2D eigenvalue weighted by Gasteiger charge is -2.02. The minimum Gasteiger partial charge on any atom is -0.481 e. The topological polar surface area (TPSA) is 55.1 Å². The van der Waals surface area contributed by atoms with Gasteiger partial charge in [-0.05, 0) is 6.07 Å². The fourth-order valence-electron chi connectivity index (χ4n) is 1.06. The number of aryl methyl sites for hydroxylation is 1. The van der Waals surface area contributed by atoms with Gasteiger partial charge in [0.25, 0.3) is 0 Å². The summed E-state index contributed by atoms with van der Waals surface area (Å²) >= 11 is 0. The number of carboxylic acid groups (broad SMARTS) is 1. The van der Waals surface area contributed by atoms with Crippen molar-refractivity contribution in [3.05, 3.63) is 18.0 Å². The van der Waals surface area contributed by atoms with Crippen molar-refractivity contribution >= 4 is 5.97 Å². The van der Waals surface area contributed by atoms with Gasteiger partial charge in [0.05, 0.1) is 12.1 Å². The number of rotatable bonds is 3. The summed E-state index contributed by atoms with van der Waals surface area (Å²) < 4.78 is 1.67. The third kappa shape index (κ3) is 2.08. The maximum Gasteiger partial charge on any atom is 0.304 e. The van der Waals surface area contributed by atoms with Crippen LogP contribution in [0, 0.1) is 0 Å². The Labute approximate surface area is 70.8 Å². The quantitative estimate of drug-likeness (QED) is 0.732. The van der Waals surface area contributed by atoms with Gasteiger partial charge in [0, 0.05) is 19.2 Å². The summed E-state index contributed by atoms with van der Waals surface area (Å²) in [6, 6.07) is 1.84.